The van der Waals surface area contributed by atoms with Crippen molar-refractivity contribution in [3.05, 3.63) is 95.6 Å². The van der Waals surface area contributed by atoms with Gasteiger partial charge in [0.1, 0.15) is 0 Å². The molecule has 0 bridgehead atoms. The van der Waals surface area contributed by atoms with Crippen LogP contribution in [0.5, 0.6) is 0 Å². The summed E-state index contributed by atoms with van der Waals surface area (Å²) in [4.78, 5) is 25.9. The number of hydrogen-bond acceptors (Lipinski definition) is 2. The first-order chi connectivity index (χ1) is 11.7. The molecule has 112 valence electrons. The van der Waals surface area contributed by atoms with Gasteiger partial charge in [-0.3, -0.25) is 9.59 Å². The number of rotatable bonds is 0. The normalized spacial score (nSPS) is 13.2. The zero-order chi connectivity index (χ0) is 16.3. The van der Waals surface area contributed by atoms with Crippen molar-refractivity contribution in [2.45, 2.75) is 0 Å². The Morgan fingerprint density at radius 3 is 1.50 bits per heavy atom. The third-order valence-electron chi connectivity index (χ3n) is 4.53. The van der Waals surface area contributed by atoms with Crippen LogP contribution >= 0.6 is 0 Å². The van der Waals surface area contributed by atoms with Crippen molar-refractivity contribution < 1.29 is 18.4 Å². The van der Waals surface area contributed by atoms with E-state index < -0.39 is 0 Å². The monoisotopic (exact) mass is 312 g/mol. The summed E-state index contributed by atoms with van der Waals surface area (Å²) in [6, 6.07) is 15.0. The number of carbonyl (C=O) groups is 2. The molecule has 0 saturated carbocycles. The minimum Gasteiger partial charge on any atom is -0.288 e. The summed E-state index contributed by atoms with van der Waals surface area (Å²) in [7, 11) is 0. The Kier molecular flexibility index (Phi) is 2.48. The van der Waals surface area contributed by atoms with Crippen molar-refractivity contribution in [2.75, 3.05) is 0 Å². The van der Waals surface area contributed by atoms with Gasteiger partial charge in [0.25, 0.3) is 0 Å². The third kappa shape index (κ3) is 1.68. The average molecular weight is 312 g/mol. The molecule has 0 saturated heterocycles. The minimum absolute atomic E-state index is 0.107. The van der Waals surface area contributed by atoms with Crippen molar-refractivity contribution in [2.24, 2.45) is 0 Å². The van der Waals surface area contributed by atoms with Crippen molar-refractivity contribution in [3.63, 3.8) is 0 Å². The molecule has 0 atom stereocenters. The van der Waals surface area contributed by atoms with Gasteiger partial charge in [-0.1, -0.05) is 0 Å². The van der Waals surface area contributed by atoms with Gasteiger partial charge in [-0.15, -0.1) is 0 Å². The fraction of sp³-hybridized carbons (Fsp3) is 0. The molecular formula is C20H12N2O2+2. The minimum atomic E-state index is -0.107. The number of aromatic nitrogens is 2. The second kappa shape index (κ2) is 4.55. The summed E-state index contributed by atoms with van der Waals surface area (Å²) in [5.41, 5.74) is 3.61. The molecule has 4 nitrogen and oxygen atoms in total. The molecule has 4 aromatic rings. The van der Waals surface area contributed by atoms with E-state index in [1.807, 2.05) is 57.6 Å². The standard InChI is InChI=1S/C20H12N2O2/c23-19-15-9-13-5-1-3-7-21(13)11-17(15)20(24)16-10-14-6-2-4-8-22(14)12-18(16)19/h1-12H/q+2. The van der Waals surface area contributed by atoms with Crippen LogP contribution in [0.4, 0.5) is 0 Å². The number of ketones is 2. The second-order valence-corrected chi connectivity index (χ2v) is 5.93. The first-order valence-corrected chi connectivity index (χ1v) is 7.70. The number of pyridine rings is 4. The Morgan fingerprint density at radius 1 is 0.583 bits per heavy atom. The molecule has 0 aromatic carbocycles. The summed E-state index contributed by atoms with van der Waals surface area (Å²) >= 11 is 0. The van der Waals surface area contributed by atoms with Crippen molar-refractivity contribution in [3.8, 4) is 0 Å². The highest BCUT2D eigenvalue weighted by molar-refractivity contribution is 6.28. The maximum absolute atomic E-state index is 13.0. The molecule has 4 aromatic heterocycles. The lowest BCUT2D eigenvalue weighted by Gasteiger charge is -2.14. The Morgan fingerprint density at radius 2 is 1.04 bits per heavy atom. The fourth-order valence-corrected chi connectivity index (χ4v) is 3.31. The molecule has 0 spiro atoms. The molecule has 5 rings (SSSR count). The van der Waals surface area contributed by atoms with Crippen LogP contribution in [-0.2, 0) is 0 Å². The highest BCUT2D eigenvalue weighted by Crippen LogP contribution is 2.26. The molecular weight excluding hydrogens is 300 g/mol. The summed E-state index contributed by atoms with van der Waals surface area (Å²) in [5.74, 6) is -0.214. The van der Waals surface area contributed by atoms with Crippen LogP contribution in [0.1, 0.15) is 31.8 Å². The van der Waals surface area contributed by atoms with Crippen LogP contribution in [0.3, 0.4) is 0 Å². The number of carbonyl (C=O) groups excluding carboxylic acids is 2. The lowest BCUT2D eigenvalue weighted by Crippen LogP contribution is -2.32. The van der Waals surface area contributed by atoms with Gasteiger partial charge in [0.2, 0.25) is 22.6 Å². The maximum atomic E-state index is 13.0. The molecule has 0 unspecified atom stereocenters. The Bertz CT molecular complexity index is 1010. The van der Waals surface area contributed by atoms with Gasteiger partial charge in [0.05, 0.1) is 11.1 Å². The van der Waals surface area contributed by atoms with Gasteiger partial charge < -0.3 is 0 Å². The Balaban J connectivity index is 1.84. The second-order valence-electron chi connectivity index (χ2n) is 5.93. The summed E-state index contributed by atoms with van der Waals surface area (Å²) in [6.45, 7) is 0. The quantitative estimate of drug-likeness (QED) is 0.410. The average Bonchev–Trinajstić information content (AvgIpc) is 2.64. The largest absolute Gasteiger partial charge is 0.288 e. The van der Waals surface area contributed by atoms with E-state index in [0.717, 1.165) is 11.0 Å². The summed E-state index contributed by atoms with van der Waals surface area (Å²) in [6.07, 6.45) is 7.24. The van der Waals surface area contributed by atoms with Gasteiger partial charge >= 0.3 is 0 Å². The molecule has 0 fully saturated rings. The van der Waals surface area contributed by atoms with E-state index >= 15 is 0 Å². The highest BCUT2D eigenvalue weighted by atomic mass is 16.1. The van der Waals surface area contributed by atoms with Gasteiger partial charge in [-0.25, -0.2) is 0 Å². The zero-order valence-electron chi connectivity index (χ0n) is 12.6. The molecule has 24 heavy (non-hydrogen) atoms. The molecule has 4 heteroatoms. The van der Waals surface area contributed by atoms with E-state index in [9.17, 15) is 9.59 Å². The van der Waals surface area contributed by atoms with Gasteiger partial charge in [0, 0.05) is 47.5 Å². The predicted molar refractivity (Wildman–Crippen MR) is 86.1 cm³/mol. The van der Waals surface area contributed by atoms with Crippen molar-refractivity contribution in [1.82, 2.24) is 0 Å². The first-order valence-electron chi connectivity index (χ1n) is 7.70. The van der Waals surface area contributed by atoms with E-state index in [4.69, 9.17) is 0 Å². The van der Waals surface area contributed by atoms with Gasteiger partial charge in [-0.2, -0.15) is 8.80 Å². The maximum Gasteiger partial charge on any atom is 0.211 e. The molecule has 0 aliphatic heterocycles. The van der Waals surface area contributed by atoms with Crippen molar-refractivity contribution in [1.29, 1.82) is 0 Å². The number of nitrogens with zero attached hydrogens (tertiary/aromatic N) is 2. The molecule has 4 heterocycles. The van der Waals surface area contributed by atoms with E-state index in [1.54, 1.807) is 24.5 Å². The number of fused-ring (bicyclic) bond motifs is 4. The lowest BCUT2D eigenvalue weighted by atomic mass is 9.85. The van der Waals surface area contributed by atoms with Crippen LogP contribution in [0, 0.1) is 0 Å². The van der Waals surface area contributed by atoms with Gasteiger partial charge in [-0.05, 0) is 12.1 Å². The molecule has 0 N–H and O–H groups in total. The Hall–Kier alpha value is -3.40. The van der Waals surface area contributed by atoms with Crippen LogP contribution < -0.4 is 8.80 Å². The fourth-order valence-electron chi connectivity index (χ4n) is 3.31. The Labute approximate surface area is 137 Å². The van der Waals surface area contributed by atoms with Crippen LogP contribution in [0.2, 0.25) is 0 Å². The third-order valence-corrected chi connectivity index (χ3v) is 4.53. The van der Waals surface area contributed by atoms with Gasteiger partial charge in [0.15, 0.2) is 24.8 Å². The van der Waals surface area contributed by atoms with Crippen LogP contribution in [0.15, 0.2) is 73.3 Å². The van der Waals surface area contributed by atoms with Crippen LogP contribution in [0.25, 0.3) is 11.0 Å². The van der Waals surface area contributed by atoms with E-state index in [2.05, 4.69) is 0 Å². The SMILES string of the molecule is O=C1c2cc3cccc[n+]3cc2C(=O)c2cc3cccc[n+]3cc21. The summed E-state index contributed by atoms with van der Waals surface area (Å²) < 4.78 is 3.73. The van der Waals surface area contributed by atoms with Crippen LogP contribution in [-0.4, -0.2) is 11.6 Å². The molecule has 0 amide bonds. The predicted octanol–water partition coefficient (Wildman–Crippen LogP) is 1.94. The smallest absolute Gasteiger partial charge is 0.211 e. The summed E-state index contributed by atoms with van der Waals surface area (Å²) in [5, 5.41) is 0. The topological polar surface area (TPSA) is 42.3 Å². The highest BCUT2D eigenvalue weighted by Gasteiger charge is 2.34. The first kappa shape index (κ1) is 13.1. The van der Waals surface area contributed by atoms with E-state index in [1.165, 1.54) is 0 Å². The van der Waals surface area contributed by atoms with E-state index in [-0.39, 0.29) is 11.6 Å². The molecule has 1 aliphatic rings. The molecule has 1 aliphatic carbocycles. The molecule has 0 radical (unpaired) electrons. The number of hydrogen-bond donors (Lipinski definition) is 0. The van der Waals surface area contributed by atoms with E-state index in [0.29, 0.717) is 22.3 Å². The lowest BCUT2D eigenvalue weighted by molar-refractivity contribution is -0.512. The zero-order valence-corrected chi connectivity index (χ0v) is 12.6. The van der Waals surface area contributed by atoms with Crippen molar-refractivity contribution >= 4 is 22.6 Å².